The highest BCUT2D eigenvalue weighted by Gasteiger charge is 2.36. The molecule has 1 saturated heterocycles. The average molecular weight is 335 g/mol. The van der Waals surface area contributed by atoms with E-state index in [2.05, 4.69) is 5.16 Å². The van der Waals surface area contributed by atoms with Crippen molar-refractivity contribution in [3.8, 4) is 0 Å². The van der Waals surface area contributed by atoms with E-state index >= 15 is 0 Å². The van der Waals surface area contributed by atoms with Crippen molar-refractivity contribution in [3.05, 3.63) is 35.4 Å². The minimum absolute atomic E-state index is 0.0216. The Morgan fingerprint density at radius 1 is 1.25 bits per heavy atom. The summed E-state index contributed by atoms with van der Waals surface area (Å²) in [5.41, 5.74) is 5.34. The summed E-state index contributed by atoms with van der Waals surface area (Å²) in [7, 11) is 0. The maximum atomic E-state index is 12.1. The molecule has 132 valence electrons. The summed E-state index contributed by atoms with van der Waals surface area (Å²) in [4.78, 5) is 13.7. The lowest BCUT2D eigenvalue weighted by atomic mass is 9.84. The molecule has 1 fully saturated rings. The van der Waals surface area contributed by atoms with Crippen molar-refractivity contribution < 1.29 is 19.8 Å². The van der Waals surface area contributed by atoms with E-state index in [4.69, 9.17) is 15.7 Å². The summed E-state index contributed by atoms with van der Waals surface area (Å²) in [5, 5.41) is 22.5. The third-order valence-corrected chi connectivity index (χ3v) is 4.07. The van der Waals surface area contributed by atoms with Gasteiger partial charge in [-0.1, -0.05) is 29.4 Å². The third-order valence-electron chi connectivity index (χ3n) is 4.07. The topological polar surface area (TPSA) is 108 Å². The van der Waals surface area contributed by atoms with Crippen LogP contribution >= 0.6 is 0 Å². The van der Waals surface area contributed by atoms with E-state index < -0.39 is 11.2 Å². The first-order valence-electron chi connectivity index (χ1n) is 7.93. The second-order valence-corrected chi connectivity index (χ2v) is 7.06. The third kappa shape index (κ3) is 4.17. The second-order valence-electron chi connectivity index (χ2n) is 7.06. The second kappa shape index (κ2) is 6.68. The fourth-order valence-electron chi connectivity index (χ4n) is 2.68. The molecule has 1 amide bonds. The van der Waals surface area contributed by atoms with Gasteiger partial charge in [-0.2, -0.15) is 0 Å². The van der Waals surface area contributed by atoms with Crippen LogP contribution in [0.1, 0.15) is 44.7 Å². The number of piperidine rings is 1. The number of ether oxygens (including phenoxy) is 1. The van der Waals surface area contributed by atoms with Crippen molar-refractivity contribution in [1.82, 2.24) is 4.90 Å². The maximum absolute atomic E-state index is 12.1. The predicted octanol–water partition coefficient (Wildman–Crippen LogP) is 2.00. The Hall–Kier alpha value is -2.28. The lowest BCUT2D eigenvalue weighted by Crippen LogP contribution is -2.46. The zero-order chi connectivity index (χ0) is 18.0. The maximum Gasteiger partial charge on any atom is 0.410 e. The number of nitrogens with zero attached hydrogens (tertiary/aromatic N) is 2. The van der Waals surface area contributed by atoms with E-state index in [1.54, 1.807) is 29.2 Å². The normalized spacial score (nSPS) is 18.3. The Bertz CT molecular complexity index is 612. The van der Waals surface area contributed by atoms with E-state index in [1.165, 1.54) is 0 Å². The number of likely N-dealkylation sites (tertiary alicyclic amines) is 1. The van der Waals surface area contributed by atoms with Crippen LogP contribution in [0.2, 0.25) is 0 Å². The molecule has 0 spiro atoms. The van der Waals surface area contributed by atoms with Crippen LogP contribution in [0.4, 0.5) is 4.79 Å². The van der Waals surface area contributed by atoms with E-state index in [9.17, 15) is 9.90 Å². The summed E-state index contributed by atoms with van der Waals surface area (Å²) in [5.74, 6) is 0.0216. The fourth-order valence-corrected chi connectivity index (χ4v) is 2.68. The average Bonchev–Trinajstić information content (AvgIpc) is 2.53. The first-order valence-corrected chi connectivity index (χ1v) is 7.93. The Kier molecular flexibility index (Phi) is 5.03. The molecule has 24 heavy (non-hydrogen) atoms. The molecule has 0 radical (unpaired) electrons. The molecule has 0 aliphatic carbocycles. The Labute approximate surface area is 141 Å². The van der Waals surface area contributed by atoms with Gasteiger partial charge in [0.2, 0.25) is 0 Å². The fraction of sp³-hybridized carbons (Fsp3) is 0.529. The van der Waals surface area contributed by atoms with Crippen molar-refractivity contribution in [2.75, 3.05) is 13.1 Å². The van der Waals surface area contributed by atoms with Crippen LogP contribution in [0.25, 0.3) is 0 Å². The SMILES string of the molecule is CC(C)(C)OC(=O)N1CCC(O)(c2ccc(/C(N)=N/O)cc2)CC1. The summed E-state index contributed by atoms with van der Waals surface area (Å²) in [6.45, 7) is 6.33. The molecule has 7 heteroatoms. The van der Waals surface area contributed by atoms with Gasteiger partial charge in [0.25, 0.3) is 0 Å². The molecular formula is C17H25N3O4. The lowest BCUT2D eigenvalue weighted by Gasteiger charge is -2.39. The van der Waals surface area contributed by atoms with Crippen molar-refractivity contribution in [2.24, 2.45) is 10.9 Å². The van der Waals surface area contributed by atoms with E-state index in [0.717, 1.165) is 5.56 Å². The van der Waals surface area contributed by atoms with Gasteiger partial charge in [-0.3, -0.25) is 0 Å². The van der Waals surface area contributed by atoms with Gasteiger partial charge in [0.15, 0.2) is 5.84 Å². The van der Waals surface area contributed by atoms with E-state index in [1.807, 2.05) is 20.8 Å². The van der Waals surface area contributed by atoms with Gasteiger partial charge >= 0.3 is 6.09 Å². The van der Waals surface area contributed by atoms with Crippen LogP contribution in [0.5, 0.6) is 0 Å². The molecule has 2 rings (SSSR count). The molecule has 1 aliphatic rings. The first-order chi connectivity index (χ1) is 11.1. The predicted molar refractivity (Wildman–Crippen MR) is 89.9 cm³/mol. The number of benzene rings is 1. The van der Waals surface area contributed by atoms with Crippen LogP contribution in [-0.2, 0) is 10.3 Å². The van der Waals surface area contributed by atoms with Crippen molar-refractivity contribution >= 4 is 11.9 Å². The van der Waals surface area contributed by atoms with Crippen LogP contribution in [0.15, 0.2) is 29.4 Å². The smallest absolute Gasteiger partial charge is 0.410 e. The molecule has 0 atom stereocenters. The quantitative estimate of drug-likeness (QED) is 0.331. The number of amidine groups is 1. The monoisotopic (exact) mass is 335 g/mol. The van der Waals surface area contributed by atoms with Gasteiger partial charge in [0.1, 0.15) is 5.60 Å². The van der Waals surface area contributed by atoms with Gasteiger partial charge in [0.05, 0.1) is 5.60 Å². The van der Waals surface area contributed by atoms with E-state index in [-0.39, 0.29) is 11.9 Å². The van der Waals surface area contributed by atoms with Gasteiger partial charge in [0, 0.05) is 18.7 Å². The highest BCUT2D eigenvalue weighted by atomic mass is 16.6. The van der Waals surface area contributed by atoms with Crippen molar-refractivity contribution in [3.63, 3.8) is 0 Å². The van der Waals surface area contributed by atoms with Crippen molar-refractivity contribution in [1.29, 1.82) is 0 Å². The molecule has 1 aromatic carbocycles. The van der Waals surface area contributed by atoms with E-state index in [0.29, 0.717) is 31.5 Å². The summed E-state index contributed by atoms with van der Waals surface area (Å²) in [6, 6.07) is 6.91. The summed E-state index contributed by atoms with van der Waals surface area (Å²) in [6.07, 6.45) is 0.497. The molecule has 1 aromatic rings. The Balaban J connectivity index is 2.03. The molecule has 0 bridgehead atoms. The summed E-state index contributed by atoms with van der Waals surface area (Å²) < 4.78 is 5.36. The minimum Gasteiger partial charge on any atom is -0.444 e. The van der Waals surface area contributed by atoms with Crippen LogP contribution in [-0.4, -0.2) is 45.8 Å². The van der Waals surface area contributed by atoms with Gasteiger partial charge in [-0.05, 0) is 39.2 Å². The minimum atomic E-state index is -0.998. The molecule has 0 saturated carbocycles. The number of hydrogen-bond donors (Lipinski definition) is 3. The highest BCUT2D eigenvalue weighted by molar-refractivity contribution is 5.96. The number of rotatable bonds is 2. The number of oxime groups is 1. The Morgan fingerprint density at radius 3 is 2.25 bits per heavy atom. The Morgan fingerprint density at radius 2 is 1.79 bits per heavy atom. The molecular weight excluding hydrogens is 310 g/mol. The zero-order valence-corrected chi connectivity index (χ0v) is 14.3. The number of aliphatic hydroxyl groups is 1. The lowest BCUT2D eigenvalue weighted by molar-refractivity contribution is -0.0356. The molecule has 0 unspecified atom stereocenters. The number of nitrogens with two attached hydrogens (primary N) is 1. The van der Waals surface area contributed by atoms with Crippen LogP contribution in [0.3, 0.4) is 0 Å². The van der Waals surface area contributed by atoms with Gasteiger partial charge in [-0.25, -0.2) is 4.79 Å². The largest absolute Gasteiger partial charge is 0.444 e. The summed E-state index contributed by atoms with van der Waals surface area (Å²) >= 11 is 0. The first kappa shape index (κ1) is 18.1. The molecule has 1 heterocycles. The number of carbonyl (C=O) groups is 1. The molecule has 7 nitrogen and oxygen atoms in total. The molecule has 1 aliphatic heterocycles. The number of hydrogen-bond acceptors (Lipinski definition) is 5. The number of carbonyl (C=O) groups excluding carboxylic acids is 1. The van der Waals surface area contributed by atoms with Gasteiger partial charge < -0.3 is 25.7 Å². The number of amides is 1. The zero-order valence-electron chi connectivity index (χ0n) is 14.3. The highest BCUT2D eigenvalue weighted by Crippen LogP contribution is 2.33. The van der Waals surface area contributed by atoms with Crippen LogP contribution in [0, 0.1) is 0 Å². The van der Waals surface area contributed by atoms with Crippen LogP contribution < -0.4 is 5.73 Å². The standard InChI is InChI=1S/C17H25N3O4/c1-16(2,3)24-15(21)20-10-8-17(22,9-11-20)13-6-4-12(5-7-13)14(18)19-23/h4-7,22-23H,8-11H2,1-3H3,(H2,18,19). The molecule has 0 aromatic heterocycles. The van der Waals surface area contributed by atoms with Crippen molar-refractivity contribution in [2.45, 2.75) is 44.8 Å². The molecule has 4 N–H and O–H groups in total. The van der Waals surface area contributed by atoms with Gasteiger partial charge in [-0.15, -0.1) is 0 Å².